The quantitative estimate of drug-likeness (QED) is 0.790. The second-order valence-electron chi connectivity index (χ2n) is 5.61. The number of amides is 1. The Hall–Kier alpha value is -2.30. The number of carbonyl (C=O) groups is 1. The number of nitrogens with zero attached hydrogens (tertiary/aromatic N) is 1. The van der Waals surface area contributed by atoms with Gasteiger partial charge in [0, 0.05) is 35.1 Å². The smallest absolute Gasteiger partial charge is 0.227 e. The van der Waals surface area contributed by atoms with Crippen molar-refractivity contribution in [2.24, 2.45) is 5.92 Å². The zero-order valence-electron chi connectivity index (χ0n) is 12.4. The minimum atomic E-state index is 0.139. The molecular formula is C16H20N4O. The Morgan fingerprint density at radius 3 is 2.48 bits per heavy atom. The molecule has 0 bridgehead atoms. The van der Waals surface area contributed by atoms with E-state index in [0.717, 1.165) is 42.1 Å². The molecule has 3 N–H and O–H groups in total. The van der Waals surface area contributed by atoms with Crippen LogP contribution in [0.25, 0.3) is 0 Å². The summed E-state index contributed by atoms with van der Waals surface area (Å²) in [6.45, 7) is 4.76. The maximum absolute atomic E-state index is 11.7. The Morgan fingerprint density at radius 2 is 1.90 bits per heavy atom. The van der Waals surface area contributed by atoms with Gasteiger partial charge in [-0.3, -0.25) is 9.89 Å². The van der Waals surface area contributed by atoms with Crippen molar-refractivity contribution in [3.63, 3.8) is 0 Å². The number of aromatic amines is 1. The van der Waals surface area contributed by atoms with Crippen LogP contribution in [0.2, 0.25) is 0 Å². The van der Waals surface area contributed by atoms with E-state index < -0.39 is 0 Å². The fourth-order valence-corrected chi connectivity index (χ4v) is 2.29. The first-order valence-corrected chi connectivity index (χ1v) is 7.28. The molecule has 5 heteroatoms. The molecule has 5 nitrogen and oxygen atoms in total. The number of anilines is 2. The predicted octanol–water partition coefficient (Wildman–Crippen LogP) is 2.99. The van der Waals surface area contributed by atoms with Gasteiger partial charge in [-0.2, -0.15) is 5.10 Å². The first-order chi connectivity index (χ1) is 10.1. The van der Waals surface area contributed by atoms with Gasteiger partial charge < -0.3 is 10.6 Å². The van der Waals surface area contributed by atoms with Crippen LogP contribution < -0.4 is 10.6 Å². The molecule has 0 spiro atoms. The molecule has 1 heterocycles. The van der Waals surface area contributed by atoms with Crippen molar-refractivity contribution in [3.05, 3.63) is 41.2 Å². The molecule has 0 saturated heterocycles. The third-order valence-corrected chi connectivity index (χ3v) is 3.85. The summed E-state index contributed by atoms with van der Waals surface area (Å²) in [6.07, 6.45) is 2.05. The Bertz CT molecular complexity index is 621. The Labute approximate surface area is 124 Å². The highest BCUT2D eigenvalue weighted by molar-refractivity contribution is 5.94. The summed E-state index contributed by atoms with van der Waals surface area (Å²) in [5.74, 6) is 0.371. The molecule has 3 rings (SSSR count). The maximum Gasteiger partial charge on any atom is 0.227 e. The van der Waals surface area contributed by atoms with E-state index in [1.54, 1.807) is 0 Å². The highest BCUT2D eigenvalue weighted by Crippen LogP contribution is 2.30. The van der Waals surface area contributed by atoms with Crippen LogP contribution in [0.3, 0.4) is 0 Å². The van der Waals surface area contributed by atoms with Gasteiger partial charge in [0.05, 0.1) is 5.69 Å². The lowest BCUT2D eigenvalue weighted by atomic mass is 10.2. The van der Waals surface area contributed by atoms with Crippen molar-refractivity contribution in [1.82, 2.24) is 10.2 Å². The van der Waals surface area contributed by atoms with Gasteiger partial charge in [0.25, 0.3) is 0 Å². The molecule has 0 aliphatic heterocycles. The molecule has 1 aliphatic carbocycles. The van der Waals surface area contributed by atoms with Gasteiger partial charge in [-0.1, -0.05) is 0 Å². The molecule has 21 heavy (non-hydrogen) atoms. The number of aromatic nitrogens is 2. The van der Waals surface area contributed by atoms with E-state index in [-0.39, 0.29) is 11.8 Å². The summed E-state index contributed by atoms with van der Waals surface area (Å²) < 4.78 is 0. The fourth-order valence-electron chi connectivity index (χ4n) is 2.29. The van der Waals surface area contributed by atoms with Gasteiger partial charge >= 0.3 is 0 Å². The van der Waals surface area contributed by atoms with Crippen LogP contribution in [-0.4, -0.2) is 16.1 Å². The molecule has 1 aromatic heterocycles. The number of H-pyrrole nitrogens is 1. The zero-order chi connectivity index (χ0) is 14.8. The van der Waals surface area contributed by atoms with E-state index in [4.69, 9.17) is 0 Å². The SMILES string of the molecule is Cc1n[nH]c(C)c1CNc1ccc(NC(=O)C2CC2)cc1. The van der Waals surface area contributed by atoms with E-state index >= 15 is 0 Å². The fraction of sp³-hybridized carbons (Fsp3) is 0.375. The van der Waals surface area contributed by atoms with E-state index in [1.807, 2.05) is 38.1 Å². The van der Waals surface area contributed by atoms with Crippen molar-refractivity contribution >= 4 is 17.3 Å². The van der Waals surface area contributed by atoms with Gasteiger partial charge in [0.1, 0.15) is 0 Å². The highest BCUT2D eigenvalue weighted by Gasteiger charge is 2.29. The maximum atomic E-state index is 11.7. The summed E-state index contributed by atoms with van der Waals surface area (Å²) in [4.78, 5) is 11.7. The highest BCUT2D eigenvalue weighted by atomic mass is 16.2. The summed E-state index contributed by atoms with van der Waals surface area (Å²) in [7, 11) is 0. The molecule has 0 unspecified atom stereocenters. The number of benzene rings is 1. The van der Waals surface area contributed by atoms with Gasteiger partial charge in [0.2, 0.25) is 5.91 Å². The minimum absolute atomic E-state index is 0.139. The summed E-state index contributed by atoms with van der Waals surface area (Å²) in [5.41, 5.74) is 5.19. The molecule has 1 aromatic carbocycles. The molecule has 110 valence electrons. The van der Waals surface area contributed by atoms with Crippen molar-refractivity contribution < 1.29 is 4.79 Å². The van der Waals surface area contributed by atoms with Crippen LogP contribution in [0.1, 0.15) is 29.8 Å². The second-order valence-corrected chi connectivity index (χ2v) is 5.61. The average Bonchev–Trinajstić information content (AvgIpc) is 3.27. The standard InChI is InChI=1S/C16H20N4O/c1-10-15(11(2)20-19-10)9-17-13-5-7-14(8-6-13)18-16(21)12-3-4-12/h5-8,12,17H,3-4,9H2,1-2H3,(H,18,21)(H,19,20). The lowest BCUT2D eigenvalue weighted by molar-refractivity contribution is -0.117. The third-order valence-electron chi connectivity index (χ3n) is 3.85. The van der Waals surface area contributed by atoms with Gasteiger partial charge in [-0.15, -0.1) is 0 Å². The molecule has 1 saturated carbocycles. The van der Waals surface area contributed by atoms with Gasteiger partial charge in [-0.25, -0.2) is 0 Å². The minimum Gasteiger partial charge on any atom is -0.381 e. The molecular weight excluding hydrogens is 264 g/mol. The largest absolute Gasteiger partial charge is 0.381 e. The van der Waals surface area contributed by atoms with Crippen LogP contribution in [0.5, 0.6) is 0 Å². The van der Waals surface area contributed by atoms with E-state index in [2.05, 4.69) is 20.8 Å². The summed E-state index contributed by atoms with van der Waals surface area (Å²) in [6, 6.07) is 7.82. The first kappa shape index (κ1) is 13.7. The average molecular weight is 284 g/mol. The van der Waals surface area contributed by atoms with Crippen LogP contribution in [0.4, 0.5) is 11.4 Å². The molecule has 0 radical (unpaired) electrons. The molecule has 0 atom stereocenters. The Morgan fingerprint density at radius 1 is 1.24 bits per heavy atom. The number of rotatable bonds is 5. The monoisotopic (exact) mass is 284 g/mol. The summed E-state index contributed by atoms with van der Waals surface area (Å²) in [5, 5.41) is 13.5. The lowest BCUT2D eigenvalue weighted by Crippen LogP contribution is -2.13. The van der Waals surface area contributed by atoms with E-state index in [1.165, 1.54) is 5.56 Å². The second kappa shape index (κ2) is 5.60. The van der Waals surface area contributed by atoms with Crippen molar-refractivity contribution in [3.8, 4) is 0 Å². The zero-order valence-corrected chi connectivity index (χ0v) is 12.4. The predicted molar refractivity (Wildman–Crippen MR) is 83.2 cm³/mol. The molecule has 1 aliphatic rings. The number of carbonyl (C=O) groups excluding carboxylic acids is 1. The van der Waals surface area contributed by atoms with Gasteiger partial charge in [0.15, 0.2) is 0 Å². The Balaban J connectivity index is 1.58. The van der Waals surface area contributed by atoms with Crippen molar-refractivity contribution in [2.45, 2.75) is 33.2 Å². The van der Waals surface area contributed by atoms with Crippen molar-refractivity contribution in [2.75, 3.05) is 10.6 Å². The first-order valence-electron chi connectivity index (χ1n) is 7.28. The third kappa shape index (κ3) is 3.24. The number of nitrogens with one attached hydrogen (secondary N) is 3. The van der Waals surface area contributed by atoms with Crippen molar-refractivity contribution in [1.29, 1.82) is 0 Å². The molecule has 1 fully saturated rings. The van der Waals surface area contributed by atoms with Crippen LogP contribution in [0.15, 0.2) is 24.3 Å². The number of aryl methyl sites for hydroxylation is 2. The molecule has 1 amide bonds. The lowest BCUT2D eigenvalue weighted by Gasteiger charge is -2.09. The normalized spacial score (nSPS) is 14.0. The van der Waals surface area contributed by atoms with Gasteiger partial charge in [-0.05, 0) is 51.0 Å². The Kier molecular flexibility index (Phi) is 3.64. The van der Waals surface area contributed by atoms with Crippen LogP contribution >= 0.6 is 0 Å². The van der Waals surface area contributed by atoms with Crippen LogP contribution in [-0.2, 0) is 11.3 Å². The molecule has 2 aromatic rings. The van der Waals surface area contributed by atoms with E-state index in [0.29, 0.717) is 0 Å². The van der Waals surface area contributed by atoms with E-state index in [9.17, 15) is 4.79 Å². The number of hydrogen-bond acceptors (Lipinski definition) is 3. The van der Waals surface area contributed by atoms with Crippen LogP contribution in [0, 0.1) is 19.8 Å². The summed E-state index contributed by atoms with van der Waals surface area (Å²) >= 11 is 0. The topological polar surface area (TPSA) is 69.8 Å². The number of hydrogen-bond donors (Lipinski definition) is 3.